The molecular weight excluding hydrogens is 348 g/mol. The third-order valence-electron chi connectivity index (χ3n) is 4.72. The molecule has 0 radical (unpaired) electrons. The Bertz CT molecular complexity index is 1040. The van der Waals surface area contributed by atoms with Crippen molar-refractivity contribution in [3.63, 3.8) is 0 Å². The highest BCUT2D eigenvalue weighted by atomic mass is 16.3. The van der Waals surface area contributed by atoms with Crippen molar-refractivity contribution in [1.82, 2.24) is 0 Å². The van der Waals surface area contributed by atoms with Gasteiger partial charge >= 0.3 is 0 Å². The van der Waals surface area contributed by atoms with E-state index in [1.807, 2.05) is 48.5 Å². The van der Waals surface area contributed by atoms with Crippen molar-refractivity contribution < 1.29 is 15.0 Å². The number of aromatic hydroxyl groups is 2. The first-order valence-corrected chi connectivity index (χ1v) is 8.95. The number of benzene rings is 4. The Labute approximate surface area is 163 Å². The lowest BCUT2D eigenvalue weighted by Gasteiger charge is -2.08. The summed E-state index contributed by atoms with van der Waals surface area (Å²) >= 11 is 0. The Morgan fingerprint density at radius 2 is 0.857 bits per heavy atom. The zero-order valence-corrected chi connectivity index (χ0v) is 15.0. The summed E-state index contributed by atoms with van der Waals surface area (Å²) < 4.78 is 0. The van der Waals surface area contributed by atoms with Crippen LogP contribution in [-0.2, 0) is 0 Å². The molecule has 0 aliphatic rings. The quantitative estimate of drug-likeness (QED) is 0.458. The van der Waals surface area contributed by atoms with Gasteiger partial charge in [0.2, 0.25) is 0 Å². The summed E-state index contributed by atoms with van der Waals surface area (Å²) in [6.07, 6.45) is 0. The van der Waals surface area contributed by atoms with Crippen molar-refractivity contribution in [2.45, 2.75) is 0 Å². The third kappa shape index (κ3) is 3.38. The molecule has 0 unspecified atom stereocenters. The molecule has 0 aliphatic carbocycles. The molecule has 0 aliphatic heterocycles. The number of carbonyl (C=O) groups excluding carboxylic acids is 1. The van der Waals surface area contributed by atoms with Crippen LogP contribution < -0.4 is 0 Å². The molecule has 28 heavy (non-hydrogen) atoms. The summed E-state index contributed by atoms with van der Waals surface area (Å²) in [6.45, 7) is 0. The number of phenolic OH excluding ortho intramolecular Hbond substituents is 2. The Hall–Kier alpha value is -3.85. The Morgan fingerprint density at radius 1 is 0.500 bits per heavy atom. The Kier molecular flexibility index (Phi) is 4.65. The van der Waals surface area contributed by atoms with Crippen LogP contribution in [0.2, 0.25) is 0 Å². The van der Waals surface area contributed by atoms with Gasteiger partial charge in [-0.05, 0) is 23.3 Å². The summed E-state index contributed by atoms with van der Waals surface area (Å²) in [4.78, 5) is 12.8. The van der Waals surface area contributed by atoms with Crippen LogP contribution in [0.4, 0.5) is 0 Å². The monoisotopic (exact) mass is 366 g/mol. The van der Waals surface area contributed by atoms with Crippen molar-refractivity contribution >= 4 is 5.78 Å². The van der Waals surface area contributed by atoms with E-state index in [1.54, 1.807) is 48.5 Å². The van der Waals surface area contributed by atoms with Crippen LogP contribution in [0.3, 0.4) is 0 Å². The molecule has 0 saturated carbocycles. The Balaban J connectivity index is 1.58. The molecule has 2 N–H and O–H groups in total. The van der Waals surface area contributed by atoms with Gasteiger partial charge in [-0.15, -0.1) is 0 Å². The molecule has 0 heterocycles. The molecular formula is C25H18O3. The second kappa shape index (κ2) is 7.41. The summed E-state index contributed by atoms with van der Waals surface area (Å²) in [5, 5.41) is 20.0. The minimum Gasteiger partial charge on any atom is -0.507 e. The highest BCUT2D eigenvalue weighted by Crippen LogP contribution is 2.30. The fraction of sp³-hybridized carbons (Fsp3) is 0. The number of hydrogen-bond donors (Lipinski definition) is 2. The van der Waals surface area contributed by atoms with Gasteiger partial charge < -0.3 is 10.2 Å². The SMILES string of the molecule is O=C(c1ccc(-c2ccccc2O)cc1)c1ccc(-c2ccccc2O)cc1. The van der Waals surface area contributed by atoms with Crippen molar-refractivity contribution in [3.05, 3.63) is 108 Å². The molecule has 4 aromatic carbocycles. The third-order valence-corrected chi connectivity index (χ3v) is 4.72. The lowest BCUT2D eigenvalue weighted by molar-refractivity contribution is 0.103. The number of ketones is 1. The van der Waals surface area contributed by atoms with Gasteiger partial charge in [0.15, 0.2) is 5.78 Å². The maximum Gasteiger partial charge on any atom is 0.193 e. The van der Waals surface area contributed by atoms with E-state index in [4.69, 9.17) is 0 Å². The predicted octanol–water partition coefficient (Wildman–Crippen LogP) is 5.66. The zero-order valence-electron chi connectivity index (χ0n) is 15.0. The first kappa shape index (κ1) is 17.6. The second-order valence-electron chi connectivity index (χ2n) is 6.52. The lowest BCUT2D eigenvalue weighted by atomic mass is 9.97. The molecule has 0 bridgehead atoms. The van der Waals surface area contributed by atoms with Crippen LogP contribution in [0.5, 0.6) is 11.5 Å². The maximum atomic E-state index is 12.8. The van der Waals surface area contributed by atoms with E-state index in [0.29, 0.717) is 11.1 Å². The molecule has 0 saturated heterocycles. The average Bonchev–Trinajstić information content (AvgIpc) is 2.74. The van der Waals surface area contributed by atoms with Gasteiger partial charge in [-0.1, -0.05) is 84.9 Å². The molecule has 0 aromatic heterocycles. The molecule has 4 rings (SSSR count). The topological polar surface area (TPSA) is 57.5 Å². The molecule has 136 valence electrons. The van der Waals surface area contributed by atoms with Crippen LogP contribution >= 0.6 is 0 Å². The molecule has 3 nitrogen and oxygen atoms in total. The normalized spacial score (nSPS) is 10.6. The minimum atomic E-state index is -0.0762. The summed E-state index contributed by atoms with van der Waals surface area (Å²) in [6, 6.07) is 28.6. The number of hydrogen-bond acceptors (Lipinski definition) is 3. The minimum absolute atomic E-state index is 0.0762. The summed E-state index contributed by atoms with van der Waals surface area (Å²) in [5.41, 5.74) is 4.32. The smallest absolute Gasteiger partial charge is 0.193 e. The fourth-order valence-electron chi connectivity index (χ4n) is 3.20. The van der Waals surface area contributed by atoms with E-state index in [-0.39, 0.29) is 17.3 Å². The molecule has 0 atom stereocenters. The van der Waals surface area contributed by atoms with Crippen LogP contribution in [0.1, 0.15) is 15.9 Å². The highest BCUT2D eigenvalue weighted by molar-refractivity contribution is 6.09. The van der Waals surface area contributed by atoms with Crippen LogP contribution in [-0.4, -0.2) is 16.0 Å². The lowest BCUT2D eigenvalue weighted by Crippen LogP contribution is -2.01. The molecule has 0 spiro atoms. The van der Waals surface area contributed by atoms with E-state index in [2.05, 4.69) is 0 Å². The first-order chi connectivity index (χ1) is 13.6. The molecule has 0 fully saturated rings. The fourth-order valence-corrected chi connectivity index (χ4v) is 3.20. The number of carbonyl (C=O) groups is 1. The van der Waals surface area contributed by atoms with E-state index in [0.717, 1.165) is 22.3 Å². The molecule has 0 amide bonds. The number of phenols is 2. The average molecular weight is 366 g/mol. The molecule has 4 aromatic rings. The highest BCUT2D eigenvalue weighted by Gasteiger charge is 2.11. The zero-order chi connectivity index (χ0) is 19.5. The van der Waals surface area contributed by atoms with Crippen LogP contribution in [0, 0.1) is 0 Å². The maximum absolute atomic E-state index is 12.8. The van der Waals surface area contributed by atoms with Crippen LogP contribution in [0.25, 0.3) is 22.3 Å². The second-order valence-corrected chi connectivity index (χ2v) is 6.52. The van der Waals surface area contributed by atoms with Crippen molar-refractivity contribution in [3.8, 4) is 33.8 Å². The van der Waals surface area contributed by atoms with Crippen LogP contribution in [0.15, 0.2) is 97.1 Å². The van der Waals surface area contributed by atoms with E-state index in [9.17, 15) is 15.0 Å². The van der Waals surface area contributed by atoms with Gasteiger partial charge in [0.05, 0.1) is 0 Å². The molecule has 3 heteroatoms. The van der Waals surface area contributed by atoms with Gasteiger partial charge in [0.1, 0.15) is 11.5 Å². The van der Waals surface area contributed by atoms with Gasteiger partial charge in [-0.2, -0.15) is 0 Å². The summed E-state index contributed by atoms with van der Waals surface area (Å²) in [5.74, 6) is 0.343. The number of rotatable bonds is 4. The summed E-state index contributed by atoms with van der Waals surface area (Å²) in [7, 11) is 0. The Morgan fingerprint density at radius 3 is 1.21 bits per heavy atom. The standard InChI is InChI=1S/C25H18O3/c26-23-7-3-1-5-21(23)17-9-13-19(14-10-17)25(28)20-15-11-18(12-16-20)22-6-2-4-8-24(22)27/h1-16,26-27H. The van der Waals surface area contributed by atoms with Crippen molar-refractivity contribution in [2.24, 2.45) is 0 Å². The predicted molar refractivity (Wildman–Crippen MR) is 111 cm³/mol. The van der Waals surface area contributed by atoms with Gasteiger partial charge in [0, 0.05) is 22.3 Å². The van der Waals surface area contributed by atoms with E-state index in [1.165, 1.54) is 0 Å². The van der Waals surface area contributed by atoms with Gasteiger partial charge in [-0.3, -0.25) is 4.79 Å². The van der Waals surface area contributed by atoms with Gasteiger partial charge in [-0.25, -0.2) is 0 Å². The van der Waals surface area contributed by atoms with Crippen molar-refractivity contribution in [1.29, 1.82) is 0 Å². The van der Waals surface area contributed by atoms with E-state index >= 15 is 0 Å². The van der Waals surface area contributed by atoms with Gasteiger partial charge in [0.25, 0.3) is 0 Å². The van der Waals surface area contributed by atoms with E-state index < -0.39 is 0 Å². The van der Waals surface area contributed by atoms with Crippen molar-refractivity contribution in [2.75, 3.05) is 0 Å². The number of para-hydroxylation sites is 2. The largest absolute Gasteiger partial charge is 0.507 e. The first-order valence-electron chi connectivity index (χ1n) is 8.95.